The van der Waals surface area contributed by atoms with Gasteiger partial charge in [-0.25, -0.2) is 9.37 Å². The standard InChI is InChI=1S/C13H15FN4S/c1-8-17-10(7-19-8)6-18(2)12-4-3-9(13(15)16)5-11(12)14/h3-5,7H,6H2,1-2H3,(H3,15,16). The highest BCUT2D eigenvalue weighted by Gasteiger charge is 2.11. The minimum atomic E-state index is -0.387. The number of nitrogen functional groups attached to an aromatic ring is 1. The minimum absolute atomic E-state index is 0.136. The Morgan fingerprint density at radius 3 is 2.79 bits per heavy atom. The lowest BCUT2D eigenvalue weighted by Crippen LogP contribution is -2.19. The molecular weight excluding hydrogens is 263 g/mol. The summed E-state index contributed by atoms with van der Waals surface area (Å²) in [6.07, 6.45) is 0. The summed E-state index contributed by atoms with van der Waals surface area (Å²) in [5.74, 6) is -0.523. The summed E-state index contributed by atoms with van der Waals surface area (Å²) < 4.78 is 14.0. The molecule has 0 spiro atoms. The zero-order valence-corrected chi connectivity index (χ0v) is 11.6. The van der Waals surface area contributed by atoms with Gasteiger partial charge in [-0.3, -0.25) is 5.41 Å². The smallest absolute Gasteiger partial charge is 0.147 e. The number of thiazole rings is 1. The van der Waals surface area contributed by atoms with Crippen molar-refractivity contribution in [2.24, 2.45) is 5.73 Å². The van der Waals surface area contributed by atoms with Crippen molar-refractivity contribution < 1.29 is 4.39 Å². The lowest BCUT2D eigenvalue weighted by atomic mass is 10.1. The Labute approximate surface area is 115 Å². The predicted octanol–water partition coefficient (Wildman–Crippen LogP) is 2.51. The molecule has 1 heterocycles. The van der Waals surface area contributed by atoms with E-state index in [9.17, 15) is 4.39 Å². The van der Waals surface area contributed by atoms with Crippen LogP contribution >= 0.6 is 11.3 Å². The first-order chi connectivity index (χ1) is 8.97. The fourth-order valence-corrected chi connectivity index (χ4v) is 2.40. The fourth-order valence-electron chi connectivity index (χ4n) is 1.79. The molecule has 4 nitrogen and oxygen atoms in total. The SMILES string of the molecule is Cc1nc(CN(C)c2ccc(C(=N)N)cc2F)cs1. The molecule has 0 bridgehead atoms. The van der Waals surface area contributed by atoms with Gasteiger partial charge in [-0.1, -0.05) is 0 Å². The maximum absolute atomic E-state index is 14.0. The highest BCUT2D eigenvalue weighted by molar-refractivity contribution is 7.09. The van der Waals surface area contributed by atoms with E-state index in [2.05, 4.69) is 4.98 Å². The van der Waals surface area contributed by atoms with Crippen molar-refractivity contribution >= 4 is 22.9 Å². The van der Waals surface area contributed by atoms with E-state index < -0.39 is 0 Å². The van der Waals surface area contributed by atoms with Crippen LogP contribution < -0.4 is 10.6 Å². The van der Waals surface area contributed by atoms with Crippen molar-refractivity contribution in [1.82, 2.24) is 4.98 Å². The molecule has 100 valence electrons. The summed E-state index contributed by atoms with van der Waals surface area (Å²) in [6.45, 7) is 2.48. The number of halogens is 1. The third-order valence-corrected chi connectivity index (χ3v) is 3.56. The third kappa shape index (κ3) is 3.08. The number of nitrogens with two attached hydrogens (primary N) is 1. The number of nitrogens with zero attached hydrogens (tertiary/aromatic N) is 2. The zero-order valence-electron chi connectivity index (χ0n) is 10.8. The van der Waals surface area contributed by atoms with E-state index in [1.54, 1.807) is 35.4 Å². The van der Waals surface area contributed by atoms with Gasteiger partial charge in [0.05, 0.1) is 22.9 Å². The lowest BCUT2D eigenvalue weighted by Gasteiger charge is -2.19. The summed E-state index contributed by atoms with van der Waals surface area (Å²) in [5.41, 5.74) is 7.10. The van der Waals surface area contributed by atoms with Crippen LogP contribution in [0.1, 0.15) is 16.3 Å². The topological polar surface area (TPSA) is 66.0 Å². The molecule has 3 N–H and O–H groups in total. The van der Waals surface area contributed by atoms with Gasteiger partial charge < -0.3 is 10.6 Å². The Kier molecular flexibility index (Phi) is 3.80. The summed E-state index contributed by atoms with van der Waals surface area (Å²) in [7, 11) is 1.81. The van der Waals surface area contributed by atoms with Gasteiger partial charge in [0.25, 0.3) is 0 Å². The Hall–Kier alpha value is -1.95. The predicted molar refractivity (Wildman–Crippen MR) is 76.4 cm³/mol. The van der Waals surface area contributed by atoms with Crippen LogP contribution in [0.5, 0.6) is 0 Å². The van der Waals surface area contributed by atoms with Crippen LogP contribution in [0.3, 0.4) is 0 Å². The number of nitrogens with one attached hydrogen (secondary N) is 1. The van der Waals surface area contributed by atoms with Crippen LogP contribution in [-0.4, -0.2) is 17.9 Å². The number of amidine groups is 1. The van der Waals surface area contributed by atoms with E-state index in [1.165, 1.54) is 6.07 Å². The first-order valence-corrected chi connectivity index (χ1v) is 6.61. The summed E-state index contributed by atoms with van der Waals surface area (Å²) in [4.78, 5) is 6.14. The summed E-state index contributed by atoms with van der Waals surface area (Å²) in [6, 6.07) is 4.55. The molecule has 1 aromatic heterocycles. The van der Waals surface area contributed by atoms with Gasteiger partial charge in [0.1, 0.15) is 11.7 Å². The quantitative estimate of drug-likeness (QED) is 0.667. The van der Waals surface area contributed by atoms with E-state index in [4.69, 9.17) is 11.1 Å². The van der Waals surface area contributed by atoms with Crippen LogP contribution in [0.25, 0.3) is 0 Å². The van der Waals surface area contributed by atoms with Crippen LogP contribution in [0.2, 0.25) is 0 Å². The van der Waals surface area contributed by atoms with Gasteiger partial charge in [0.15, 0.2) is 0 Å². The molecule has 0 fully saturated rings. The monoisotopic (exact) mass is 278 g/mol. The van der Waals surface area contributed by atoms with Crippen LogP contribution in [0.4, 0.5) is 10.1 Å². The van der Waals surface area contributed by atoms with Crippen molar-refractivity contribution in [3.8, 4) is 0 Å². The van der Waals surface area contributed by atoms with Gasteiger partial charge in [-0.2, -0.15) is 0 Å². The number of hydrogen-bond acceptors (Lipinski definition) is 4. The van der Waals surface area contributed by atoms with Gasteiger partial charge in [0.2, 0.25) is 0 Å². The maximum Gasteiger partial charge on any atom is 0.147 e. The highest BCUT2D eigenvalue weighted by Crippen LogP contribution is 2.21. The molecule has 0 atom stereocenters. The molecule has 0 saturated heterocycles. The second kappa shape index (κ2) is 5.36. The average molecular weight is 278 g/mol. The average Bonchev–Trinajstić information content (AvgIpc) is 2.74. The van der Waals surface area contributed by atoms with Crippen molar-refractivity contribution in [1.29, 1.82) is 5.41 Å². The third-order valence-electron chi connectivity index (χ3n) is 2.74. The van der Waals surface area contributed by atoms with E-state index in [-0.39, 0.29) is 11.7 Å². The normalized spacial score (nSPS) is 10.5. The molecule has 0 aliphatic heterocycles. The Morgan fingerprint density at radius 1 is 1.53 bits per heavy atom. The van der Waals surface area contributed by atoms with Crippen molar-refractivity contribution in [3.63, 3.8) is 0 Å². The van der Waals surface area contributed by atoms with E-state index >= 15 is 0 Å². The van der Waals surface area contributed by atoms with E-state index in [0.29, 0.717) is 17.8 Å². The van der Waals surface area contributed by atoms with Crippen molar-refractivity contribution in [2.45, 2.75) is 13.5 Å². The molecule has 19 heavy (non-hydrogen) atoms. The number of anilines is 1. The first kappa shape index (κ1) is 13.5. The molecule has 6 heteroatoms. The van der Waals surface area contributed by atoms with Gasteiger partial charge >= 0.3 is 0 Å². The molecule has 1 aromatic carbocycles. The van der Waals surface area contributed by atoms with Crippen LogP contribution in [-0.2, 0) is 6.54 Å². The maximum atomic E-state index is 14.0. The Bertz CT molecular complexity index is 608. The molecule has 2 aromatic rings. The van der Waals surface area contributed by atoms with E-state index in [0.717, 1.165) is 10.7 Å². The second-order valence-electron chi connectivity index (χ2n) is 4.29. The number of benzene rings is 1. The number of aromatic nitrogens is 1. The van der Waals surface area contributed by atoms with Crippen LogP contribution in [0, 0.1) is 18.2 Å². The number of rotatable bonds is 4. The van der Waals surface area contributed by atoms with Gasteiger partial charge in [-0.15, -0.1) is 11.3 Å². The largest absolute Gasteiger partial charge is 0.384 e. The molecule has 0 amide bonds. The molecule has 0 unspecified atom stereocenters. The molecule has 0 radical (unpaired) electrons. The van der Waals surface area contributed by atoms with E-state index in [1.807, 2.05) is 12.3 Å². The zero-order chi connectivity index (χ0) is 14.0. The first-order valence-electron chi connectivity index (χ1n) is 5.73. The molecule has 0 aliphatic carbocycles. The van der Waals surface area contributed by atoms with Gasteiger partial charge in [-0.05, 0) is 25.1 Å². The number of aryl methyl sites for hydroxylation is 1. The molecule has 0 saturated carbocycles. The Balaban J connectivity index is 2.19. The Morgan fingerprint density at radius 2 is 2.26 bits per heavy atom. The summed E-state index contributed by atoms with van der Waals surface area (Å²) >= 11 is 1.58. The van der Waals surface area contributed by atoms with Crippen molar-refractivity contribution in [3.05, 3.63) is 45.7 Å². The summed E-state index contributed by atoms with van der Waals surface area (Å²) in [5, 5.41) is 10.2. The number of hydrogen-bond donors (Lipinski definition) is 2. The lowest BCUT2D eigenvalue weighted by molar-refractivity contribution is 0.621. The highest BCUT2D eigenvalue weighted by atomic mass is 32.1. The fraction of sp³-hybridized carbons (Fsp3) is 0.231. The second-order valence-corrected chi connectivity index (χ2v) is 5.36. The van der Waals surface area contributed by atoms with Crippen LogP contribution in [0.15, 0.2) is 23.6 Å². The minimum Gasteiger partial charge on any atom is -0.384 e. The van der Waals surface area contributed by atoms with Gasteiger partial charge in [0, 0.05) is 18.0 Å². The van der Waals surface area contributed by atoms with Crippen molar-refractivity contribution in [2.75, 3.05) is 11.9 Å². The molecule has 2 rings (SSSR count). The molecular formula is C13H15FN4S. The molecule has 0 aliphatic rings.